The highest BCUT2D eigenvalue weighted by Gasteiger charge is 2.53. The molecular weight excluding hydrogens is 1290 g/mol. The van der Waals surface area contributed by atoms with Crippen LogP contribution in [0.2, 0.25) is 0 Å². The second-order valence-corrected chi connectivity index (χ2v) is 28.4. The molecule has 6 nitrogen and oxygen atoms in total. The van der Waals surface area contributed by atoms with Crippen molar-refractivity contribution in [2.24, 2.45) is 0 Å². The van der Waals surface area contributed by atoms with Gasteiger partial charge in [0.25, 0.3) is 0 Å². The maximum absolute atomic E-state index is 5.53. The molecule has 490 valence electrons. The molecule has 4 aliphatic carbocycles. The number of hydrogen-bond acceptors (Lipinski definition) is 6. The zero-order valence-electron chi connectivity index (χ0n) is 57.3. The zero-order chi connectivity index (χ0) is 69.6. The molecule has 2 spiro atoms. The van der Waals surface area contributed by atoms with Crippen molar-refractivity contribution in [1.29, 1.82) is 0 Å². The van der Waals surface area contributed by atoms with E-state index in [2.05, 4.69) is 340 Å². The van der Waals surface area contributed by atoms with Crippen LogP contribution < -0.4 is 0 Å². The van der Waals surface area contributed by atoms with E-state index in [1.165, 1.54) is 89.0 Å². The Bertz CT molecular complexity index is 6160. The fourth-order valence-corrected chi connectivity index (χ4v) is 18.0. The van der Waals surface area contributed by atoms with Gasteiger partial charge in [0.15, 0.2) is 11.6 Å². The number of fused-ring (bicyclic) bond motifs is 22. The standard InChI is InChI=1S/C100H60N6/c1-15-31-91-69(17-1)53-73(59-101-91)63-33-41-65(42-34-63)93-57-95(71-49-51-81-79-23-7-13-29-87(79)99(89(81)55-71)83-25-9-3-19-75(83)76-20-4-10-26-84(76)99)105-97(103-93)67-45-37-61(38-46-67)62-39-47-68(48-40-62)98-104-94(66-43-35-64(36-44-66)74-54-70-18-2-16-32-92(70)102-60-74)58-96(106-98)72-50-52-82-80-24-8-14-30-88(80)100(90(82)56-72)85-27-11-5-21-77(85)78-22-6-12-28-86(78)100/h1-60H. The molecule has 4 heterocycles. The van der Waals surface area contributed by atoms with Gasteiger partial charge < -0.3 is 0 Å². The molecule has 18 aromatic rings. The highest BCUT2D eigenvalue weighted by atomic mass is 14.9. The summed E-state index contributed by atoms with van der Waals surface area (Å²) in [6.07, 6.45) is 3.92. The second kappa shape index (κ2) is 23.3. The minimum absolute atomic E-state index is 0.501. The van der Waals surface area contributed by atoms with Crippen molar-refractivity contribution < 1.29 is 0 Å². The van der Waals surface area contributed by atoms with Crippen molar-refractivity contribution in [3.8, 4) is 146 Å². The fraction of sp³-hybridized carbons (Fsp3) is 0.0200. The highest BCUT2D eigenvalue weighted by molar-refractivity contribution is 5.99. The minimum Gasteiger partial charge on any atom is -0.256 e. The summed E-state index contributed by atoms with van der Waals surface area (Å²) in [5, 5.41) is 2.21. The quantitative estimate of drug-likeness (QED) is 0.143. The Morgan fingerprint density at radius 2 is 0.415 bits per heavy atom. The molecule has 0 unspecified atom stereocenters. The van der Waals surface area contributed by atoms with E-state index >= 15 is 0 Å². The molecular formula is C100H60N6. The van der Waals surface area contributed by atoms with Gasteiger partial charge in [-0.3, -0.25) is 9.97 Å². The van der Waals surface area contributed by atoms with Gasteiger partial charge in [-0.05, 0) is 160 Å². The Hall–Kier alpha value is -13.9. The minimum atomic E-state index is -0.501. The lowest BCUT2D eigenvalue weighted by molar-refractivity contribution is 0.794. The van der Waals surface area contributed by atoms with Crippen molar-refractivity contribution in [1.82, 2.24) is 29.9 Å². The van der Waals surface area contributed by atoms with Crippen LogP contribution in [0.1, 0.15) is 44.5 Å². The first-order valence-electron chi connectivity index (χ1n) is 36.3. The summed E-state index contributed by atoms with van der Waals surface area (Å²) in [7, 11) is 0. The first-order valence-corrected chi connectivity index (χ1v) is 36.3. The number of hydrogen-bond donors (Lipinski definition) is 0. The normalized spacial score (nSPS) is 13.2. The predicted octanol–water partition coefficient (Wildman–Crippen LogP) is 24.1. The van der Waals surface area contributed by atoms with Gasteiger partial charge >= 0.3 is 0 Å². The molecule has 0 amide bonds. The van der Waals surface area contributed by atoms with E-state index in [9.17, 15) is 0 Å². The number of para-hydroxylation sites is 2. The van der Waals surface area contributed by atoms with E-state index in [-0.39, 0.29) is 0 Å². The van der Waals surface area contributed by atoms with E-state index in [0.717, 1.165) is 111 Å². The van der Waals surface area contributed by atoms with Crippen LogP contribution in [0.15, 0.2) is 364 Å². The Labute approximate surface area is 613 Å². The molecule has 106 heavy (non-hydrogen) atoms. The smallest absolute Gasteiger partial charge is 0.160 e. The van der Waals surface area contributed by atoms with E-state index in [1.54, 1.807) is 0 Å². The number of pyridine rings is 2. The van der Waals surface area contributed by atoms with Crippen LogP contribution in [0.25, 0.3) is 167 Å². The van der Waals surface area contributed by atoms with E-state index in [0.29, 0.717) is 11.6 Å². The largest absolute Gasteiger partial charge is 0.256 e. The first kappa shape index (κ1) is 59.7. The molecule has 14 aromatic carbocycles. The second-order valence-electron chi connectivity index (χ2n) is 28.4. The summed E-state index contributed by atoms with van der Waals surface area (Å²) in [6, 6.07) is 128. The lowest BCUT2D eigenvalue weighted by Crippen LogP contribution is -2.25. The van der Waals surface area contributed by atoms with Gasteiger partial charge in [0.05, 0.1) is 44.6 Å². The molecule has 0 saturated heterocycles. The lowest BCUT2D eigenvalue weighted by atomic mass is 9.70. The molecule has 6 heteroatoms. The van der Waals surface area contributed by atoms with Gasteiger partial charge in [0.1, 0.15) is 0 Å². The Balaban J connectivity index is 0.638. The molecule has 0 aliphatic heterocycles. The van der Waals surface area contributed by atoms with Crippen molar-refractivity contribution in [2.45, 2.75) is 10.8 Å². The van der Waals surface area contributed by atoms with E-state index < -0.39 is 10.8 Å². The molecule has 22 rings (SSSR count). The molecule has 0 radical (unpaired) electrons. The zero-order valence-corrected chi connectivity index (χ0v) is 57.3. The Morgan fingerprint density at radius 1 is 0.170 bits per heavy atom. The van der Waals surface area contributed by atoms with Crippen molar-refractivity contribution in [2.75, 3.05) is 0 Å². The Kier molecular flexibility index (Phi) is 13.1. The summed E-state index contributed by atoms with van der Waals surface area (Å²) in [4.78, 5) is 31.5. The summed E-state index contributed by atoms with van der Waals surface area (Å²) < 4.78 is 0. The van der Waals surface area contributed by atoms with Crippen LogP contribution in [0.4, 0.5) is 0 Å². The third kappa shape index (κ3) is 8.98. The van der Waals surface area contributed by atoms with Gasteiger partial charge in [-0.15, -0.1) is 0 Å². The van der Waals surface area contributed by atoms with E-state index in [4.69, 9.17) is 29.9 Å². The third-order valence-electron chi connectivity index (χ3n) is 22.9. The van der Waals surface area contributed by atoms with Crippen molar-refractivity contribution >= 4 is 21.8 Å². The molecule has 0 bridgehead atoms. The summed E-state index contributed by atoms with van der Waals surface area (Å²) in [5.41, 5.74) is 37.0. The predicted molar refractivity (Wildman–Crippen MR) is 430 cm³/mol. The van der Waals surface area contributed by atoms with Crippen LogP contribution in [0.5, 0.6) is 0 Å². The van der Waals surface area contributed by atoms with Gasteiger partial charge in [0, 0.05) is 67.7 Å². The van der Waals surface area contributed by atoms with E-state index in [1.807, 2.05) is 24.5 Å². The van der Waals surface area contributed by atoms with Crippen LogP contribution in [0, 0.1) is 0 Å². The number of aromatic nitrogens is 6. The molecule has 0 N–H and O–H groups in total. The SMILES string of the molecule is c1ccc2c(c1)-c1ccccc1C21c2ccccc2-c2ccc(-c3cc(-c4ccc(-c5cnc6ccccc6c5)cc4)nc(-c4ccc(-c5ccc(-c6nc(-c7ccc(-c8cnc9ccccc9c8)cc7)cc(-c7ccc8c(c7)C7(c9ccccc9-c9ccccc97)c7ccccc7-8)n6)cc5)cc4)n3)cc21. The average Bonchev–Trinajstić information content (AvgIpc) is 1.52. The maximum Gasteiger partial charge on any atom is 0.160 e. The topological polar surface area (TPSA) is 77.3 Å². The highest BCUT2D eigenvalue weighted by Crippen LogP contribution is 2.65. The van der Waals surface area contributed by atoms with Gasteiger partial charge in [-0.1, -0.05) is 303 Å². The first-order chi connectivity index (χ1) is 52.5. The fourth-order valence-electron chi connectivity index (χ4n) is 18.0. The van der Waals surface area contributed by atoms with Crippen LogP contribution >= 0.6 is 0 Å². The third-order valence-corrected chi connectivity index (χ3v) is 22.9. The number of rotatable bonds is 9. The van der Waals surface area contributed by atoms with Crippen LogP contribution in [0.3, 0.4) is 0 Å². The van der Waals surface area contributed by atoms with Crippen molar-refractivity contribution in [3.05, 3.63) is 409 Å². The Morgan fingerprint density at radius 3 is 0.745 bits per heavy atom. The van der Waals surface area contributed by atoms with Crippen LogP contribution in [-0.2, 0) is 10.8 Å². The molecule has 0 atom stereocenters. The van der Waals surface area contributed by atoms with Crippen LogP contribution in [-0.4, -0.2) is 29.9 Å². The lowest BCUT2D eigenvalue weighted by Gasteiger charge is -2.30. The summed E-state index contributed by atoms with van der Waals surface area (Å²) in [5.74, 6) is 1.28. The number of nitrogens with zero attached hydrogens (tertiary/aromatic N) is 6. The van der Waals surface area contributed by atoms with Gasteiger partial charge in [-0.25, -0.2) is 19.9 Å². The monoisotopic (exact) mass is 1340 g/mol. The molecule has 4 aliphatic rings. The van der Waals surface area contributed by atoms with Gasteiger partial charge in [-0.2, -0.15) is 0 Å². The molecule has 0 saturated carbocycles. The average molecular weight is 1350 g/mol. The molecule has 0 fully saturated rings. The van der Waals surface area contributed by atoms with Crippen molar-refractivity contribution in [3.63, 3.8) is 0 Å². The maximum atomic E-state index is 5.53. The summed E-state index contributed by atoms with van der Waals surface area (Å²) >= 11 is 0. The summed E-state index contributed by atoms with van der Waals surface area (Å²) in [6.45, 7) is 0. The van der Waals surface area contributed by atoms with Gasteiger partial charge in [0.2, 0.25) is 0 Å². The molecule has 4 aromatic heterocycles. The number of benzene rings is 14.